The van der Waals surface area contributed by atoms with Crippen LogP contribution in [0.3, 0.4) is 0 Å². The van der Waals surface area contributed by atoms with Crippen LogP contribution in [-0.4, -0.2) is 25.5 Å². The summed E-state index contributed by atoms with van der Waals surface area (Å²) in [5, 5.41) is 3.45. The van der Waals surface area contributed by atoms with Gasteiger partial charge in [-0.1, -0.05) is 59.7 Å². The van der Waals surface area contributed by atoms with Crippen LogP contribution in [0.1, 0.15) is 28.3 Å². The highest BCUT2D eigenvalue weighted by atomic mass is 15.1. The molecule has 21 heavy (non-hydrogen) atoms. The molecular formula is C19H26N2. The van der Waals surface area contributed by atoms with Gasteiger partial charge in [0, 0.05) is 19.1 Å². The van der Waals surface area contributed by atoms with Gasteiger partial charge in [-0.05, 0) is 39.1 Å². The maximum Gasteiger partial charge on any atom is 0.0447 e. The van der Waals surface area contributed by atoms with Gasteiger partial charge >= 0.3 is 0 Å². The molecule has 2 nitrogen and oxygen atoms in total. The quantitative estimate of drug-likeness (QED) is 0.869. The summed E-state index contributed by atoms with van der Waals surface area (Å²) in [4.78, 5) is 2.37. The summed E-state index contributed by atoms with van der Waals surface area (Å²) in [6.45, 7) is 6.30. The third-order valence-corrected chi connectivity index (χ3v) is 3.78. The van der Waals surface area contributed by atoms with Crippen molar-refractivity contribution in [1.29, 1.82) is 0 Å². The Kier molecular flexibility index (Phi) is 5.54. The van der Waals surface area contributed by atoms with Crippen LogP contribution in [-0.2, 0) is 6.54 Å². The smallest absolute Gasteiger partial charge is 0.0447 e. The molecule has 1 N–H and O–H groups in total. The van der Waals surface area contributed by atoms with Gasteiger partial charge in [0.15, 0.2) is 0 Å². The fourth-order valence-corrected chi connectivity index (χ4v) is 2.85. The maximum absolute atomic E-state index is 3.45. The Morgan fingerprint density at radius 3 is 2.19 bits per heavy atom. The molecule has 0 amide bonds. The van der Waals surface area contributed by atoms with Crippen LogP contribution < -0.4 is 5.32 Å². The largest absolute Gasteiger partial charge is 0.312 e. The average Bonchev–Trinajstić information content (AvgIpc) is 2.44. The van der Waals surface area contributed by atoms with E-state index in [1.165, 1.54) is 22.3 Å². The zero-order valence-corrected chi connectivity index (χ0v) is 13.6. The van der Waals surface area contributed by atoms with Gasteiger partial charge in [-0.3, -0.25) is 0 Å². The highest BCUT2D eigenvalue weighted by Gasteiger charge is 2.13. The molecule has 1 unspecified atom stereocenters. The molecule has 2 rings (SSSR count). The summed E-state index contributed by atoms with van der Waals surface area (Å²) >= 11 is 0. The van der Waals surface area contributed by atoms with Crippen molar-refractivity contribution in [3.8, 4) is 0 Å². The van der Waals surface area contributed by atoms with Crippen molar-refractivity contribution in [3.05, 3.63) is 70.8 Å². The summed E-state index contributed by atoms with van der Waals surface area (Å²) in [5.74, 6) is 0. The first-order valence-electron chi connectivity index (χ1n) is 7.56. The lowest BCUT2D eigenvalue weighted by atomic mass is 10.0. The van der Waals surface area contributed by atoms with Crippen molar-refractivity contribution < 1.29 is 0 Å². The predicted octanol–water partition coefficient (Wildman–Crippen LogP) is 3.70. The zero-order chi connectivity index (χ0) is 15.2. The Morgan fingerprint density at radius 2 is 1.62 bits per heavy atom. The molecule has 1 atom stereocenters. The van der Waals surface area contributed by atoms with Crippen molar-refractivity contribution in [2.24, 2.45) is 0 Å². The number of rotatable bonds is 6. The number of likely N-dealkylation sites (N-methyl/N-ethyl adjacent to an activating group) is 2. The van der Waals surface area contributed by atoms with Crippen LogP contribution in [0, 0.1) is 13.8 Å². The molecular weight excluding hydrogens is 256 g/mol. The minimum atomic E-state index is 0.359. The number of nitrogens with zero attached hydrogens (tertiary/aromatic N) is 1. The molecule has 0 aliphatic carbocycles. The zero-order valence-electron chi connectivity index (χ0n) is 13.6. The molecule has 0 heterocycles. The van der Waals surface area contributed by atoms with Crippen LogP contribution in [0.5, 0.6) is 0 Å². The molecule has 0 fully saturated rings. The van der Waals surface area contributed by atoms with E-state index in [2.05, 4.69) is 79.6 Å². The highest BCUT2D eigenvalue weighted by molar-refractivity contribution is 5.31. The molecule has 0 aliphatic rings. The molecule has 0 aliphatic heterocycles. The number of nitrogens with one attached hydrogen (secondary N) is 1. The van der Waals surface area contributed by atoms with Crippen LogP contribution in [0.15, 0.2) is 48.5 Å². The van der Waals surface area contributed by atoms with Crippen molar-refractivity contribution in [2.75, 3.05) is 20.6 Å². The number of hydrogen-bond donors (Lipinski definition) is 1. The summed E-state index contributed by atoms with van der Waals surface area (Å²) in [5.41, 5.74) is 5.39. The van der Waals surface area contributed by atoms with E-state index in [1.54, 1.807) is 0 Å². The Labute approximate surface area is 128 Å². The molecule has 0 spiro atoms. The monoisotopic (exact) mass is 282 g/mol. The van der Waals surface area contributed by atoms with Gasteiger partial charge in [-0.2, -0.15) is 0 Å². The maximum atomic E-state index is 3.45. The third kappa shape index (κ3) is 4.69. The van der Waals surface area contributed by atoms with Gasteiger partial charge in [0.1, 0.15) is 0 Å². The molecule has 0 radical (unpaired) electrons. The van der Waals surface area contributed by atoms with Crippen LogP contribution in [0.4, 0.5) is 0 Å². The third-order valence-electron chi connectivity index (χ3n) is 3.78. The summed E-state index contributed by atoms with van der Waals surface area (Å²) in [7, 11) is 4.22. The first kappa shape index (κ1) is 15.7. The topological polar surface area (TPSA) is 15.3 Å². The van der Waals surface area contributed by atoms with E-state index < -0.39 is 0 Å². The molecule has 2 aromatic carbocycles. The standard InChI is InChI=1S/C19H26N2/c1-15-10-16(2)12-18(11-15)19(20-3)14-21(4)13-17-8-6-5-7-9-17/h5-12,19-20H,13-14H2,1-4H3. The second-order valence-corrected chi connectivity index (χ2v) is 5.94. The van der Waals surface area contributed by atoms with E-state index >= 15 is 0 Å². The SMILES string of the molecule is CNC(CN(C)Cc1ccccc1)c1cc(C)cc(C)c1. The van der Waals surface area contributed by atoms with Crippen LogP contribution in [0.25, 0.3) is 0 Å². The Morgan fingerprint density at radius 1 is 1.00 bits per heavy atom. The van der Waals surface area contributed by atoms with E-state index in [0.717, 1.165) is 13.1 Å². The molecule has 112 valence electrons. The van der Waals surface area contributed by atoms with Gasteiger partial charge in [0.2, 0.25) is 0 Å². The van der Waals surface area contributed by atoms with Gasteiger partial charge in [0.05, 0.1) is 0 Å². The molecule has 0 aromatic heterocycles. The molecule has 0 saturated carbocycles. The lowest BCUT2D eigenvalue weighted by Gasteiger charge is -2.25. The van der Waals surface area contributed by atoms with E-state index in [-0.39, 0.29) is 0 Å². The van der Waals surface area contributed by atoms with E-state index in [0.29, 0.717) is 6.04 Å². The van der Waals surface area contributed by atoms with Gasteiger partial charge in [-0.15, -0.1) is 0 Å². The van der Waals surface area contributed by atoms with E-state index in [4.69, 9.17) is 0 Å². The second-order valence-electron chi connectivity index (χ2n) is 5.94. The summed E-state index contributed by atoms with van der Waals surface area (Å²) < 4.78 is 0. The predicted molar refractivity (Wildman–Crippen MR) is 90.5 cm³/mol. The van der Waals surface area contributed by atoms with Crippen molar-refractivity contribution in [3.63, 3.8) is 0 Å². The lowest BCUT2D eigenvalue weighted by molar-refractivity contribution is 0.289. The van der Waals surface area contributed by atoms with E-state index in [9.17, 15) is 0 Å². The molecule has 0 saturated heterocycles. The van der Waals surface area contributed by atoms with Crippen molar-refractivity contribution in [2.45, 2.75) is 26.4 Å². The number of aryl methyl sites for hydroxylation is 2. The second kappa shape index (κ2) is 7.39. The fraction of sp³-hybridized carbons (Fsp3) is 0.368. The van der Waals surface area contributed by atoms with Crippen LogP contribution in [0.2, 0.25) is 0 Å². The number of benzene rings is 2. The summed E-state index contributed by atoms with van der Waals surface area (Å²) in [6, 6.07) is 17.8. The first-order valence-corrected chi connectivity index (χ1v) is 7.56. The van der Waals surface area contributed by atoms with Crippen LogP contribution >= 0.6 is 0 Å². The lowest BCUT2D eigenvalue weighted by Crippen LogP contribution is -2.31. The van der Waals surface area contributed by atoms with Gasteiger partial charge in [0.25, 0.3) is 0 Å². The van der Waals surface area contributed by atoms with E-state index in [1.807, 2.05) is 7.05 Å². The Hall–Kier alpha value is -1.64. The van der Waals surface area contributed by atoms with Crippen molar-refractivity contribution >= 4 is 0 Å². The van der Waals surface area contributed by atoms with Gasteiger partial charge < -0.3 is 10.2 Å². The Bertz CT molecular complexity index is 543. The molecule has 0 bridgehead atoms. The first-order chi connectivity index (χ1) is 10.1. The summed E-state index contributed by atoms with van der Waals surface area (Å²) in [6.07, 6.45) is 0. The minimum absolute atomic E-state index is 0.359. The number of hydrogen-bond acceptors (Lipinski definition) is 2. The molecule has 2 heteroatoms. The van der Waals surface area contributed by atoms with Gasteiger partial charge in [-0.25, -0.2) is 0 Å². The highest BCUT2D eigenvalue weighted by Crippen LogP contribution is 2.18. The minimum Gasteiger partial charge on any atom is -0.312 e. The average molecular weight is 282 g/mol. The normalized spacial score (nSPS) is 12.6. The Balaban J connectivity index is 2.04. The van der Waals surface area contributed by atoms with Crippen molar-refractivity contribution in [1.82, 2.24) is 10.2 Å². The molecule has 2 aromatic rings. The fourth-order valence-electron chi connectivity index (χ4n) is 2.85.